The number of imide groups is 1. The molecule has 8 nitrogen and oxygen atoms in total. The van der Waals surface area contributed by atoms with Crippen LogP contribution >= 0.6 is 11.8 Å². The smallest absolute Gasteiger partial charge is 0.266 e. The van der Waals surface area contributed by atoms with Gasteiger partial charge in [0.05, 0.1) is 22.6 Å². The van der Waals surface area contributed by atoms with Crippen molar-refractivity contribution in [2.45, 2.75) is 18.6 Å². The van der Waals surface area contributed by atoms with Crippen LogP contribution in [0.25, 0.3) is 11.4 Å². The Morgan fingerprint density at radius 3 is 2.17 bits per heavy atom. The van der Waals surface area contributed by atoms with Crippen molar-refractivity contribution in [1.29, 1.82) is 0 Å². The summed E-state index contributed by atoms with van der Waals surface area (Å²) in [5, 5.41) is 11.8. The van der Waals surface area contributed by atoms with Gasteiger partial charge in [-0.15, -0.1) is 10.2 Å². The number of amides is 3. The summed E-state index contributed by atoms with van der Waals surface area (Å²) in [6, 6.07) is 19.3. The highest BCUT2D eigenvalue weighted by atomic mass is 32.2. The number of carbonyl (C=O) groups excluding carboxylic acids is 3. The Morgan fingerprint density at radius 1 is 0.917 bits per heavy atom. The molecule has 3 aromatic carbocycles. The van der Waals surface area contributed by atoms with E-state index in [-0.39, 0.29) is 29.3 Å². The van der Waals surface area contributed by atoms with Gasteiger partial charge in [0, 0.05) is 17.8 Å². The molecular formula is C26H20FN5O3S. The molecule has 1 aliphatic rings. The number of fused-ring (bicyclic) bond motifs is 1. The van der Waals surface area contributed by atoms with Crippen LogP contribution in [0.15, 0.2) is 78.0 Å². The van der Waals surface area contributed by atoms with Crippen LogP contribution in [0.5, 0.6) is 0 Å². The normalized spacial score (nSPS) is 12.7. The lowest BCUT2D eigenvalue weighted by Gasteiger charge is -2.14. The molecule has 0 saturated carbocycles. The van der Waals surface area contributed by atoms with E-state index in [1.165, 1.54) is 40.9 Å². The van der Waals surface area contributed by atoms with Gasteiger partial charge in [0.15, 0.2) is 11.0 Å². The molecule has 0 bridgehead atoms. The quantitative estimate of drug-likeness (QED) is 0.293. The SMILES string of the molecule is CCn1c(SCC(=O)Nc2ccc(F)cc2)nnc1-c1ccc(N2C(=O)c3ccccc3C2=O)cc1. The summed E-state index contributed by atoms with van der Waals surface area (Å²) in [4.78, 5) is 39.0. The second-order valence-corrected chi connectivity index (χ2v) is 8.87. The number of halogens is 1. The fourth-order valence-electron chi connectivity index (χ4n) is 3.94. The summed E-state index contributed by atoms with van der Waals surface area (Å²) < 4.78 is 14.9. The number of benzene rings is 3. The third kappa shape index (κ3) is 4.38. The summed E-state index contributed by atoms with van der Waals surface area (Å²) >= 11 is 1.24. The summed E-state index contributed by atoms with van der Waals surface area (Å²) in [5.74, 6) is -0.608. The molecule has 10 heteroatoms. The molecule has 3 amide bonds. The van der Waals surface area contributed by atoms with Gasteiger partial charge in [-0.3, -0.25) is 14.4 Å². The molecule has 0 fully saturated rings. The highest BCUT2D eigenvalue weighted by Crippen LogP contribution is 2.31. The number of carbonyl (C=O) groups is 3. The molecule has 0 unspecified atom stereocenters. The summed E-state index contributed by atoms with van der Waals surface area (Å²) in [5.41, 5.74) is 2.52. The van der Waals surface area contributed by atoms with Gasteiger partial charge in [-0.2, -0.15) is 0 Å². The van der Waals surface area contributed by atoms with E-state index >= 15 is 0 Å². The van der Waals surface area contributed by atoms with Gasteiger partial charge in [0.1, 0.15) is 5.82 Å². The lowest BCUT2D eigenvalue weighted by Crippen LogP contribution is -2.29. The minimum Gasteiger partial charge on any atom is -0.325 e. The standard InChI is InChI=1S/C26H20FN5O3S/c1-2-31-23(29-30-26(31)36-15-22(33)28-18-11-9-17(27)10-12-18)16-7-13-19(14-8-16)32-24(34)20-5-3-4-6-21(20)25(32)35/h3-14H,2,15H2,1H3,(H,28,33). The molecular weight excluding hydrogens is 481 g/mol. The van der Waals surface area contributed by atoms with E-state index in [1.54, 1.807) is 48.5 Å². The number of nitrogens with one attached hydrogen (secondary N) is 1. The van der Waals surface area contributed by atoms with Crippen LogP contribution in [-0.2, 0) is 11.3 Å². The molecule has 36 heavy (non-hydrogen) atoms. The maximum atomic E-state index is 13.0. The molecule has 4 aromatic rings. The van der Waals surface area contributed by atoms with E-state index in [4.69, 9.17) is 0 Å². The number of thioether (sulfide) groups is 1. The van der Waals surface area contributed by atoms with Gasteiger partial charge in [-0.1, -0.05) is 23.9 Å². The van der Waals surface area contributed by atoms with Crippen LogP contribution in [0, 0.1) is 5.82 Å². The third-order valence-electron chi connectivity index (χ3n) is 5.67. The Bertz CT molecular complexity index is 1430. The van der Waals surface area contributed by atoms with Crippen molar-refractivity contribution in [1.82, 2.24) is 14.8 Å². The molecule has 1 aliphatic heterocycles. The first-order valence-corrected chi connectivity index (χ1v) is 12.1. The molecule has 5 rings (SSSR count). The minimum atomic E-state index is -0.372. The Morgan fingerprint density at radius 2 is 1.56 bits per heavy atom. The first-order valence-electron chi connectivity index (χ1n) is 11.2. The molecule has 2 heterocycles. The fourth-order valence-corrected chi connectivity index (χ4v) is 4.74. The Hall–Kier alpha value is -4.31. The largest absolute Gasteiger partial charge is 0.325 e. The van der Waals surface area contributed by atoms with Crippen LogP contribution in [0.2, 0.25) is 0 Å². The van der Waals surface area contributed by atoms with Gasteiger partial charge in [-0.25, -0.2) is 9.29 Å². The van der Waals surface area contributed by atoms with Gasteiger partial charge in [0.25, 0.3) is 11.8 Å². The molecule has 0 aliphatic carbocycles. The van der Waals surface area contributed by atoms with E-state index in [0.717, 1.165) is 5.56 Å². The predicted molar refractivity (Wildman–Crippen MR) is 134 cm³/mol. The van der Waals surface area contributed by atoms with Gasteiger partial charge < -0.3 is 9.88 Å². The van der Waals surface area contributed by atoms with Crippen molar-refractivity contribution in [2.75, 3.05) is 16.0 Å². The molecule has 0 spiro atoms. The van der Waals surface area contributed by atoms with Crippen molar-refractivity contribution in [2.24, 2.45) is 0 Å². The lowest BCUT2D eigenvalue weighted by atomic mass is 10.1. The molecule has 0 saturated heterocycles. The van der Waals surface area contributed by atoms with Gasteiger partial charge in [0.2, 0.25) is 5.91 Å². The molecule has 1 aromatic heterocycles. The van der Waals surface area contributed by atoms with Crippen LogP contribution in [0.1, 0.15) is 27.6 Å². The first kappa shape index (κ1) is 23.4. The number of hydrogen-bond donors (Lipinski definition) is 1. The van der Waals surface area contributed by atoms with Crippen molar-refractivity contribution in [3.63, 3.8) is 0 Å². The van der Waals surface area contributed by atoms with Crippen LogP contribution in [0.4, 0.5) is 15.8 Å². The maximum absolute atomic E-state index is 13.0. The third-order valence-corrected chi connectivity index (χ3v) is 6.64. The maximum Gasteiger partial charge on any atom is 0.266 e. The number of aromatic nitrogens is 3. The van der Waals surface area contributed by atoms with E-state index in [9.17, 15) is 18.8 Å². The number of hydrogen-bond acceptors (Lipinski definition) is 6. The number of rotatable bonds is 7. The van der Waals surface area contributed by atoms with Gasteiger partial charge >= 0.3 is 0 Å². The Labute approximate surface area is 210 Å². The van der Waals surface area contributed by atoms with Crippen molar-refractivity contribution in [3.05, 3.63) is 89.7 Å². The van der Waals surface area contributed by atoms with Crippen LogP contribution in [0.3, 0.4) is 0 Å². The predicted octanol–water partition coefficient (Wildman–Crippen LogP) is 4.64. The highest BCUT2D eigenvalue weighted by molar-refractivity contribution is 7.99. The molecule has 0 atom stereocenters. The summed E-state index contributed by atoms with van der Waals surface area (Å²) in [7, 11) is 0. The van der Waals surface area contributed by atoms with Crippen molar-refractivity contribution >= 4 is 40.9 Å². The van der Waals surface area contributed by atoms with Crippen LogP contribution < -0.4 is 10.2 Å². The zero-order chi connectivity index (χ0) is 25.2. The molecule has 0 radical (unpaired) electrons. The van der Waals surface area contributed by atoms with Crippen LogP contribution in [-0.4, -0.2) is 38.2 Å². The molecule has 1 N–H and O–H groups in total. The first-order chi connectivity index (χ1) is 17.5. The summed E-state index contributed by atoms with van der Waals surface area (Å²) in [6.07, 6.45) is 0. The molecule has 180 valence electrons. The zero-order valence-corrected chi connectivity index (χ0v) is 20.0. The van der Waals surface area contributed by atoms with E-state index in [2.05, 4.69) is 15.5 Å². The van der Waals surface area contributed by atoms with Gasteiger partial charge in [-0.05, 0) is 67.6 Å². The monoisotopic (exact) mass is 501 g/mol. The van der Waals surface area contributed by atoms with E-state index in [1.807, 2.05) is 11.5 Å². The van der Waals surface area contributed by atoms with Crippen molar-refractivity contribution in [3.8, 4) is 11.4 Å². The topological polar surface area (TPSA) is 97.2 Å². The second kappa shape index (κ2) is 9.74. The zero-order valence-electron chi connectivity index (χ0n) is 19.1. The van der Waals surface area contributed by atoms with Crippen molar-refractivity contribution < 1.29 is 18.8 Å². The Kier molecular flexibility index (Phi) is 6.34. The second-order valence-electron chi connectivity index (χ2n) is 7.93. The van der Waals surface area contributed by atoms with E-state index in [0.29, 0.717) is 40.0 Å². The highest BCUT2D eigenvalue weighted by Gasteiger charge is 2.36. The minimum absolute atomic E-state index is 0.105. The lowest BCUT2D eigenvalue weighted by molar-refractivity contribution is -0.113. The number of nitrogens with zero attached hydrogens (tertiary/aromatic N) is 4. The van der Waals surface area contributed by atoms with E-state index < -0.39 is 0 Å². The average Bonchev–Trinajstić information content (AvgIpc) is 3.42. The summed E-state index contributed by atoms with van der Waals surface area (Å²) in [6.45, 7) is 2.52. The average molecular weight is 502 g/mol. The fraction of sp³-hybridized carbons (Fsp3) is 0.115. The number of anilines is 2. The Balaban J connectivity index is 1.29.